The fourth-order valence-corrected chi connectivity index (χ4v) is 2.54. The zero-order valence-corrected chi connectivity index (χ0v) is 11.2. The lowest BCUT2D eigenvalue weighted by Gasteiger charge is -2.05. The van der Waals surface area contributed by atoms with E-state index in [1.54, 1.807) is 32.3 Å². The molecule has 0 aromatic heterocycles. The van der Waals surface area contributed by atoms with Crippen molar-refractivity contribution in [2.75, 3.05) is 14.1 Å². The molecule has 5 nitrogen and oxygen atoms in total. The number of carbonyl (C=O) groups excluding carboxylic acids is 2. The van der Waals surface area contributed by atoms with Gasteiger partial charge in [-0.25, -0.2) is 0 Å². The minimum Gasteiger partial charge on any atom is -0.545 e. The van der Waals surface area contributed by atoms with Gasteiger partial charge in [0, 0.05) is 14.1 Å². The summed E-state index contributed by atoms with van der Waals surface area (Å²) in [5.74, 6) is -1.33. The number of likely N-dealkylation sites (N-methyl/N-ethyl adjacent to an activating group) is 1. The Morgan fingerprint density at radius 2 is 2.00 bits per heavy atom. The van der Waals surface area contributed by atoms with Gasteiger partial charge in [-0.1, -0.05) is 24.3 Å². The molecule has 0 spiro atoms. The zero-order chi connectivity index (χ0) is 14.0. The number of amidine groups is 1. The van der Waals surface area contributed by atoms with Gasteiger partial charge in [-0.05, 0) is 29.0 Å². The average Bonchev–Trinajstić information content (AvgIpc) is 2.67. The summed E-state index contributed by atoms with van der Waals surface area (Å²) in [4.78, 5) is 28.6. The van der Waals surface area contributed by atoms with Crippen molar-refractivity contribution in [1.29, 1.82) is 0 Å². The predicted molar refractivity (Wildman–Crippen MR) is 72.5 cm³/mol. The highest BCUT2D eigenvalue weighted by Crippen LogP contribution is 2.31. The summed E-state index contributed by atoms with van der Waals surface area (Å²) >= 11 is 1.29. The largest absolute Gasteiger partial charge is 0.545 e. The molecule has 1 aliphatic rings. The van der Waals surface area contributed by atoms with E-state index in [1.165, 1.54) is 28.8 Å². The van der Waals surface area contributed by atoms with Crippen LogP contribution in [-0.2, 0) is 4.79 Å². The van der Waals surface area contributed by atoms with Crippen LogP contribution in [0.25, 0.3) is 6.08 Å². The fourth-order valence-electron chi connectivity index (χ4n) is 1.62. The van der Waals surface area contributed by atoms with E-state index in [0.29, 0.717) is 10.1 Å². The van der Waals surface area contributed by atoms with Gasteiger partial charge in [-0.15, -0.1) is 0 Å². The van der Waals surface area contributed by atoms with Crippen LogP contribution in [0.3, 0.4) is 0 Å². The smallest absolute Gasteiger partial charge is 0.266 e. The highest BCUT2D eigenvalue weighted by Gasteiger charge is 2.29. The first-order chi connectivity index (χ1) is 9.02. The van der Waals surface area contributed by atoms with Gasteiger partial charge >= 0.3 is 0 Å². The van der Waals surface area contributed by atoms with Crippen molar-refractivity contribution in [3.05, 3.63) is 40.3 Å². The van der Waals surface area contributed by atoms with E-state index >= 15 is 0 Å². The van der Waals surface area contributed by atoms with Crippen molar-refractivity contribution in [1.82, 2.24) is 4.90 Å². The van der Waals surface area contributed by atoms with E-state index in [0.717, 1.165) is 5.56 Å². The summed E-state index contributed by atoms with van der Waals surface area (Å²) in [5.41, 5.74) is 0.868. The molecule has 98 valence electrons. The lowest BCUT2D eigenvalue weighted by Crippen LogP contribution is -2.23. The van der Waals surface area contributed by atoms with E-state index in [1.807, 2.05) is 0 Å². The van der Waals surface area contributed by atoms with Gasteiger partial charge in [0.15, 0.2) is 5.17 Å². The maximum atomic E-state index is 11.9. The first-order valence-corrected chi connectivity index (χ1v) is 6.30. The molecule has 0 aliphatic carbocycles. The lowest BCUT2D eigenvalue weighted by atomic mass is 10.1. The van der Waals surface area contributed by atoms with Gasteiger partial charge in [0.1, 0.15) is 0 Å². The third-order valence-corrected chi connectivity index (χ3v) is 3.79. The molecule has 1 fully saturated rings. The van der Waals surface area contributed by atoms with Gasteiger partial charge < -0.3 is 9.90 Å². The molecule has 2 rings (SSSR count). The van der Waals surface area contributed by atoms with Crippen LogP contribution in [0.4, 0.5) is 0 Å². The Hall–Kier alpha value is -2.08. The van der Waals surface area contributed by atoms with Gasteiger partial charge in [-0.3, -0.25) is 14.7 Å². The van der Waals surface area contributed by atoms with Crippen LogP contribution in [0.5, 0.6) is 0 Å². The van der Waals surface area contributed by atoms with E-state index in [2.05, 4.69) is 4.99 Å². The molecule has 6 heteroatoms. The Bertz CT molecular complexity index is 590. The zero-order valence-electron chi connectivity index (χ0n) is 10.4. The van der Waals surface area contributed by atoms with Crippen molar-refractivity contribution in [3.8, 4) is 0 Å². The summed E-state index contributed by atoms with van der Waals surface area (Å²) in [6, 6.07) is 6.16. The highest BCUT2D eigenvalue weighted by molar-refractivity contribution is 8.18. The lowest BCUT2D eigenvalue weighted by molar-refractivity contribution is -0.255. The molecule has 0 saturated carbocycles. The normalized spacial score (nSPS) is 19.5. The van der Waals surface area contributed by atoms with Crippen LogP contribution < -0.4 is 5.11 Å². The second-order valence-electron chi connectivity index (χ2n) is 3.89. The van der Waals surface area contributed by atoms with E-state index < -0.39 is 5.97 Å². The number of carboxylic acids is 1. The number of benzene rings is 1. The molecular formula is C13H11N2O3S-. The molecule has 0 radical (unpaired) electrons. The van der Waals surface area contributed by atoms with Gasteiger partial charge in [0.25, 0.3) is 5.91 Å². The first kappa shape index (κ1) is 13.4. The SMILES string of the molecule is CN=C1S/C(=C/c2ccc(C(=O)[O-])cc2)C(=O)N1C. The van der Waals surface area contributed by atoms with Crippen LogP contribution in [0.2, 0.25) is 0 Å². The number of amides is 1. The number of aliphatic imine (C=N–C) groups is 1. The second kappa shape index (κ2) is 5.27. The molecule has 0 atom stereocenters. The molecule has 1 aromatic rings. The summed E-state index contributed by atoms with van der Waals surface area (Å²) < 4.78 is 0. The Morgan fingerprint density at radius 3 is 2.47 bits per heavy atom. The highest BCUT2D eigenvalue weighted by atomic mass is 32.2. The van der Waals surface area contributed by atoms with Crippen LogP contribution in [-0.4, -0.2) is 36.0 Å². The van der Waals surface area contributed by atoms with Crippen molar-refractivity contribution in [2.45, 2.75) is 0 Å². The Kier molecular flexibility index (Phi) is 3.71. The third kappa shape index (κ3) is 2.68. The molecule has 1 saturated heterocycles. The summed E-state index contributed by atoms with van der Waals surface area (Å²) in [7, 11) is 3.29. The standard InChI is InChI=1S/C13H12N2O3S/c1-14-13-15(2)11(16)10(19-13)7-8-3-5-9(6-4-8)12(17)18/h3-7H,1-2H3,(H,17,18)/p-1/b10-7+,14-13?. The van der Waals surface area contributed by atoms with Crippen LogP contribution in [0.1, 0.15) is 15.9 Å². The predicted octanol–water partition coefficient (Wildman–Crippen LogP) is 0.582. The number of thioether (sulfide) groups is 1. The fraction of sp³-hybridized carbons (Fsp3) is 0.154. The van der Waals surface area contributed by atoms with Crippen molar-refractivity contribution in [2.24, 2.45) is 4.99 Å². The monoisotopic (exact) mass is 275 g/mol. The number of carbonyl (C=O) groups is 2. The number of nitrogens with zero attached hydrogens (tertiary/aromatic N) is 2. The molecule has 19 heavy (non-hydrogen) atoms. The molecular weight excluding hydrogens is 264 g/mol. The minimum absolute atomic E-state index is 0.112. The molecule has 0 unspecified atom stereocenters. The van der Waals surface area contributed by atoms with Crippen LogP contribution in [0, 0.1) is 0 Å². The average molecular weight is 275 g/mol. The summed E-state index contributed by atoms with van der Waals surface area (Å²) in [5, 5.41) is 11.3. The number of carboxylic acid groups (broad SMARTS) is 1. The van der Waals surface area contributed by atoms with Gasteiger partial charge in [-0.2, -0.15) is 0 Å². The Morgan fingerprint density at radius 1 is 1.37 bits per heavy atom. The van der Waals surface area contributed by atoms with Crippen molar-refractivity contribution < 1.29 is 14.7 Å². The van der Waals surface area contributed by atoms with E-state index in [4.69, 9.17) is 0 Å². The second-order valence-corrected chi connectivity index (χ2v) is 4.90. The molecule has 0 N–H and O–H groups in total. The molecule has 0 bridgehead atoms. The van der Waals surface area contributed by atoms with Crippen molar-refractivity contribution >= 4 is 34.9 Å². The topological polar surface area (TPSA) is 72.8 Å². The number of hydrogen-bond donors (Lipinski definition) is 0. The number of hydrogen-bond acceptors (Lipinski definition) is 5. The third-order valence-electron chi connectivity index (χ3n) is 2.64. The summed E-state index contributed by atoms with van der Waals surface area (Å²) in [6.07, 6.45) is 1.71. The van der Waals surface area contributed by atoms with Crippen molar-refractivity contribution in [3.63, 3.8) is 0 Å². The minimum atomic E-state index is -1.22. The van der Waals surface area contributed by atoms with Gasteiger partial charge in [0.2, 0.25) is 0 Å². The molecule has 1 aliphatic heterocycles. The number of aromatic carboxylic acids is 1. The number of rotatable bonds is 2. The first-order valence-electron chi connectivity index (χ1n) is 5.48. The maximum absolute atomic E-state index is 11.9. The van der Waals surface area contributed by atoms with Gasteiger partial charge in [0.05, 0.1) is 10.9 Å². The molecule has 1 amide bonds. The Balaban J connectivity index is 2.27. The quantitative estimate of drug-likeness (QED) is 0.740. The molecule has 1 aromatic carbocycles. The van der Waals surface area contributed by atoms with E-state index in [-0.39, 0.29) is 11.5 Å². The maximum Gasteiger partial charge on any atom is 0.266 e. The molecule has 1 heterocycles. The van der Waals surface area contributed by atoms with E-state index in [9.17, 15) is 14.7 Å². The van der Waals surface area contributed by atoms with Crippen LogP contribution in [0.15, 0.2) is 34.2 Å². The van der Waals surface area contributed by atoms with Crippen LogP contribution >= 0.6 is 11.8 Å². The summed E-state index contributed by atoms with van der Waals surface area (Å²) in [6.45, 7) is 0. The Labute approximate surface area is 114 Å².